The smallest absolute Gasteiger partial charge is 0.233 e. The van der Waals surface area contributed by atoms with E-state index in [1.54, 1.807) is 14.2 Å². The van der Waals surface area contributed by atoms with Crippen molar-refractivity contribution in [1.82, 2.24) is 10.6 Å². The SMILES string of the molecule is COC(CNCC(=O)NCCc1ccc(Br)cc1)OC. The van der Waals surface area contributed by atoms with Gasteiger partial charge < -0.3 is 20.1 Å². The van der Waals surface area contributed by atoms with E-state index in [2.05, 4.69) is 26.6 Å². The van der Waals surface area contributed by atoms with Crippen LogP contribution in [0.5, 0.6) is 0 Å². The van der Waals surface area contributed by atoms with Crippen LogP contribution in [-0.4, -0.2) is 46.1 Å². The molecule has 0 aliphatic carbocycles. The van der Waals surface area contributed by atoms with Gasteiger partial charge in [0.1, 0.15) is 0 Å². The van der Waals surface area contributed by atoms with Crippen LogP contribution in [0.1, 0.15) is 5.56 Å². The van der Waals surface area contributed by atoms with Crippen LogP contribution in [0.25, 0.3) is 0 Å². The van der Waals surface area contributed by atoms with Crippen LogP contribution in [0.2, 0.25) is 0 Å². The summed E-state index contributed by atoms with van der Waals surface area (Å²) in [6.07, 6.45) is 0.489. The summed E-state index contributed by atoms with van der Waals surface area (Å²) in [6, 6.07) is 8.06. The predicted octanol–water partition coefficient (Wildman–Crippen LogP) is 1.32. The van der Waals surface area contributed by atoms with Gasteiger partial charge in [-0.25, -0.2) is 0 Å². The first-order valence-electron chi connectivity index (χ1n) is 6.43. The number of carbonyl (C=O) groups is 1. The Kier molecular flexibility index (Phi) is 8.45. The zero-order chi connectivity index (χ0) is 14.8. The van der Waals surface area contributed by atoms with E-state index in [-0.39, 0.29) is 18.7 Å². The van der Waals surface area contributed by atoms with Crippen molar-refractivity contribution in [3.05, 3.63) is 34.3 Å². The number of hydrogen-bond donors (Lipinski definition) is 2. The number of amides is 1. The summed E-state index contributed by atoms with van der Waals surface area (Å²) in [5.74, 6) is -0.0342. The fourth-order valence-electron chi connectivity index (χ4n) is 1.63. The van der Waals surface area contributed by atoms with E-state index in [0.717, 1.165) is 10.9 Å². The molecule has 112 valence electrons. The number of carbonyl (C=O) groups excluding carboxylic acids is 1. The van der Waals surface area contributed by atoms with Crippen molar-refractivity contribution in [3.63, 3.8) is 0 Å². The molecule has 0 radical (unpaired) electrons. The van der Waals surface area contributed by atoms with Gasteiger partial charge in [0.15, 0.2) is 6.29 Å². The van der Waals surface area contributed by atoms with E-state index >= 15 is 0 Å². The lowest BCUT2D eigenvalue weighted by atomic mass is 10.1. The minimum atomic E-state index is -0.328. The Bertz CT molecular complexity index is 394. The third-order valence-electron chi connectivity index (χ3n) is 2.77. The number of methoxy groups -OCH3 is 2. The molecule has 0 spiro atoms. The maximum Gasteiger partial charge on any atom is 0.233 e. The number of ether oxygens (including phenoxy) is 2. The molecule has 1 aromatic rings. The summed E-state index contributed by atoms with van der Waals surface area (Å²) in [7, 11) is 3.13. The first-order valence-corrected chi connectivity index (χ1v) is 7.22. The van der Waals surface area contributed by atoms with Crippen molar-refractivity contribution in [2.24, 2.45) is 0 Å². The van der Waals surface area contributed by atoms with Gasteiger partial charge >= 0.3 is 0 Å². The van der Waals surface area contributed by atoms with E-state index in [1.165, 1.54) is 5.56 Å². The third kappa shape index (κ3) is 7.00. The van der Waals surface area contributed by atoms with Crippen LogP contribution in [-0.2, 0) is 20.7 Å². The second-order valence-corrected chi connectivity index (χ2v) is 5.17. The Morgan fingerprint density at radius 3 is 2.50 bits per heavy atom. The average molecular weight is 345 g/mol. The Morgan fingerprint density at radius 2 is 1.90 bits per heavy atom. The monoisotopic (exact) mass is 344 g/mol. The summed E-state index contributed by atoms with van der Waals surface area (Å²) in [6.45, 7) is 1.36. The third-order valence-corrected chi connectivity index (χ3v) is 3.30. The van der Waals surface area contributed by atoms with Crippen molar-refractivity contribution < 1.29 is 14.3 Å². The predicted molar refractivity (Wildman–Crippen MR) is 81.5 cm³/mol. The van der Waals surface area contributed by atoms with E-state index in [4.69, 9.17) is 9.47 Å². The molecular formula is C14H21BrN2O3. The highest BCUT2D eigenvalue weighted by Gasteiger charge is 2.06. The fourth-order valence-corrected chi connectivity index (χ4v) is 1.89. The highest BCUT2D eigenvalue weighted by atomic mass is 79.9. The molecule has 0 heterocycles. The Hall–Kier alpha value is -0.950. The van der Waals surface area contributed by atoms with Crippen molar-refractivity contribution in [2.75, 3.05) is 33.9 Å². The molecule has 0 aliphatic heterocycles. The average Bonchev–Trinajstić information content (AvgIpc) is 2.46. The van der Waals surface area contributed by atoms with Gasteiger partial charge in [0.2, 0.25) is 5.91 Å². The molecule has 1 aromatic carbocycles. The highest BCUT2D eigenvalue weighted by molar-refractivity contribution is 9.10. The molecule has 20 heavy (non-hydrogen) atoms. The number of halogens is 1. The molecule has 0 bridgehead atoms. The molecule has 0 aromatic heterocycles. The van der Waals surface area contributed by atoms with Crippen LogP contribution in [0.3, 0.4) is 0 Å². The zero-order valence-electron chi connectivity index (χ0n) is 11.8. The molecule has 0 unspecified atom stereocenters. The van der Waals surface area contributed by atoms with Crippen molar-refractivity contribution in [3.8, 4) is 0 Å². The minimum Gasteiger partial charge on any atom is -0.355 e. The zero-order valence-corrected chi connectivity index (χ0v) is 13.4. The molecule has 0 atom stereocenters. The highest BCUT2D eigenvalue weighted by Crippen LogP contribution is 2.10. The lowest BCUT2D eigenvalue weighted by molar-refractivity contribution is -0.121. The summed E-state index contributed by atoms with van der Waals surface area (Å²) in [5.41, 5.74) is 1.19. The molecule has 1 amide bonds. The topological polar surface area (TPSA) is 59.6 Å². The number of rotatable bonds is 9. The fraction of sp³-hybridized carbons (Fsp3) is 0.500. The normalized spacial score (nSPS) is 10.8. The van der Waals surface area contributed by atoms with Crippen molar-refractivity contribution >= 4 is 21.8 Å². The van der Waals surface area contributed by atoms with E-state index in [9.17, 15) is 4.79 Å². The lowest BCUT2D eigenvalue weighted by Gasteiger charge is -2.13. The van der Waals surface area contributed by atoms with Gasteiger partial charge in [0.25, 0.3) is 0 Å². The number of benzene rings is 1. The molecule has 0 saturated carbocycles. The van der Waals surface area contributed by atoms with Gasteiger partial charge in [-0.2, -0.15) is 0 Å². The van der Waals surface area contributed by atoms with Gasteiger partial charge in [-0.3, -0.25) is 4.79 Å². The summed E-state index contributed by atoms with van der Waals surface area (Å²) in [5, 5.41) is 5.84. The molecule has 5 nitrogen and oxygen atoms in total. The Morgan fingerprint density at radius 1 is 1.25 bits per heavy atom. The molecule has 0 aliphatic rings. The lowest BCUT2D eigenvalue weighted by Crippen LogP contribution is -2.38. The largest absolute Gasteiger partial charge is 0.355 e. The second kappa shape index (κ2) is 9.88. The number of hydrogen-bond acceptors (Lipinski definition) is 4. The maximum atomic E-state index is 11.6. The quantitative estimate of drug-likeness (QED) is 0.663. The second-order valence-electron chi connectivity index (χ2n) is 4.26. The van der Waals surface area contributed by atoms with Crippen molar-refractivity contribution in [2.45, 2.75) is 12.7 Å². The van der Waals surface area contributed by atoms with Crippen LogP contribution in [0.15, 0.2) is 28.7 Å². The first kappa shape index (κ1) is 17.1. The van der Waals surface area contributed by atoms with Gasteiger partial charge in [0.05, 0.1) is 6.54 Å². The standard InChI is InChI=1S/C14H21BrN2O3/c1-19-14(20-2)10-16-9-13(18)17-8-7-11-3-5-12(15)6-4-11/h3-6,14,16H,7-10H2,1-2H3,(H,17,18). The Labute approximate surface area is 128 Å². The summed E-state index contributed by atoms with van der Waals surface area (Å²) >= 11 is 3.39. The number of nitrogens with one attached hydrogen (secondary N) is 2. The van der Waals surface area contributed by atoms with Crippen molar-refractivity contribution in [1.29, 1.82) is 0 Å². The van der Waals surface area contributed by atoms with Gasteiger partial charge in [0, 0.05) is 31.8 Å². The van der Waals surface area contributed by atoms with E-state index < -0.39 is 0 Å². The Balaban J connectivity index is 2.12. The van der Waals surface area contributed by atoms with E-state index in [0.29, 0.717) is 13.1 Å². The van der Waals surface area contributed by atoms with Crippen LogP contribution >= 0.6 is 15.9 Å². The molecule has 0 saturated heterocycles. The van der Waals surface area contributed by atoms with Gasteiger partial charge in [-0.1, -0.05) is 28.1 Å². The van der Waals surface area contributed by atoms with Gasteiger partial charge in [-0.15, -0.1) is 0 Å². The van der Waals surface area contributed by atoms with Crippen LogP contribution in [0.4, 0.5) is 0 Å². The van der Waals surface area contributed by atoms with Crippen LogP contribution in [0, 0.1) is 0 Å². The van der Waals surface area contributed by atoms with Crippen LogP contribution < -0.4 is 10.6 Å². The van der Waals surface area contributed by atoms with Gasteiger partial charge in [-0.05, 0) is 24.1 Å². The minimum absolute atomic E-state index is 0.0342. The molecule has 1 rings (SSSR count). The maximum absolute atomic E-state index is 11.6. The summed E-state index contributed by atoms with van der Waals surface area (Å²) < 4.78 is 11.1. The molecule has 2 N–H and O–H groups in total. The summed E-state index contributed by atoms with van der Waals surface area (Å²) in [4.78, 5) is 11.6. The first-order chi connectivity index (χ1) is 9.65. The van der Waals surface area contributed by atoms with E-state index in [1.807, 2.05) is 24.3 Å². The molecular weight excluding hydrogens is 324 g/mol. The molecule has 0 fully saturated rings. The molecule has 6 heteroatoms.